The van der Waals surface area contributed by atoms with E-state index < -0.39 is 6.10 Å². The van der Waals surface area contributed by atoms with E-state index in [1.807, 2.05) is 42.5 Å². The van der Waals surface area contributed by atoms with Crippen LogP contribution in [0.2, 0.25) is 0 Å². The van der Waals surface area contributed by atoms with Crippen LogP contribution in [-0.4, -0.2) is 10.1 Å². The smallest absolute Gasteiger partial charge is 0.0886 e. The van der Waals surface area contributed by atoms with E-state index in [1.54, 1.807) is 6.20 Å². The van der Waals surface area contributed by atoms with Gasteiger partial charge in [-0.15, -0.1) is 0 Å². The summed E-state index contributed by atoms with van der Waals surface area (Å²) in [5.41, 5.74) is 3.09. The summed E-state index contributed by atoms with van der Waals surface area (Å²) in [4.78, 5) is 4.34. The number of benzene rings is 2. The Labute approximate surface area is 124 Å². The zero-order chi connectivity index (χ0) is 14.3. The van der Waals surface area contributed by atoms with Gasteiger partial charge in [0.05, 0.1) is 11.6 Å². The van der Waals surface area contributed by atoms with Crippen molar-refractivity contribution in [1.82, 2.24) is 4.98 Å². The van der Waals surface area contributed by atoms with Crippen molar-refractivity contribution in [2.24, 2.45) is 0 Å². The molecule has 1 N–H and O–H groups in total. The van der Waals surface area contributed by atoms with Crippen molar-refractivity contribution in [3.05, 3.63) is 78.0 Å². The minimum Gasteiger partial charge on any atom is -0.387 e. The van der Waals surface area contributed by atoms with E-state index in [4.69, 9.17) is 0 Å². The zero-order valence-electron chi connectivity index (χ0n) is 11.7. The summed E-state index contributed by atoms with van der Waals surface area (Å²) < 4.78 is 0. The van der Waals surface area contributed by atoms with Crippen LogP contribution in [0.15, 0.2) is 66.9 Å². The van der Waals surface area contributed by atoms with E-state index in [0.29, 0.717) is 0 Å². The van der Waals surface area contributed by atoms with Crippen molar-refractivity contribution in [2.45, 2.75) is 24.4 Å². The SMILES string of the molecule is OC(c1ccc2ncccc2c1)C1(c2ccccc2)CC1. The molecule has 2 heteroatoms. The van der Waals surface area contributed by atoms with Crippen molar-refractivity contribution in [1.29, 1.82) is 0 Å². The van der Waals surface area contributed by atoms with E-state index >= 15 is 0 Å². The molecule has 0 aliphatic heterocycles. The molecule has 21 heavy (non-hydrogen) atoms. The van der Waals surface area contributed by atoms with Crippen LogP contribution in [0.5, 0.6) is 0 Å². The topological polar surface area (TPSA) is 33.1 Å². The number of nitrogens with zero attached hydrogens (tertiary/aromatic N) is 1. The van der Waals surface area contributed by atoms with Crippen LogP contribution < -0.4 is 0 Å². The fourth-order valence-electron chi connectivity index (χ4n) is 3.21. The third-order valence-electron chi connectivity index (χ3n) is 4.60. The highest BCUT2D eigenvalue weighted by Gasteiger charge is 2.50. The molecule has 2 nitrogen and oxygen atoms in total. The zero-order valence-corrected chi connectivity index (χ0v) is 11.7. The first kappa shape index (κ1) is 12.5. The van der Waals surface area contributed by atoms with Gasteiger partial charge in [-0.2, -0.15) is 0 Å². The molecule has 0 spiro atoms. The number of hydrogen-bond donors (Lipinski definition) is 1. The Morgan fingerprint density at radius 3 is 2.52 bits per heavy atom. The van der Waals surface area contributed by atoms with Crippen LogP contribution in [-0.2, 0) is 5.41 Å². The normalized spacial score (nSPS) is 17.6. The number of pyridine rings is 1. The monoisotopic (exact) mass is 275 g/mol. The molecule has 1 saturated carbocycles. The largest absolute Gasteiger partial charge is 0.387 e. The lowest BCUT2D eigenvalue weighted by Crippen LogP contribution is -2.18. The maximum atomic E-state index is 10.9. The second-order valence-corrected chi connectivity index (χ2v) is 5.88. The lowest BCUT2D eigenvalue weighted by atomic mass is 9.86. The molecule has 1 atom stereocenters. The number of hydrogen-bond acceptors (Lipinski definition) is 2. The van der Waals surface area contributed by atoms with Gasteiger partial charge in [0.1, 0.15) is 0 Å². The van der Waals surface area contributed by atoms with Gasteiger partial charge in [-0.05, 0) is 42.2 Å². The first-order valence-corrected chi connectivity index (χ1v) is 7.38. The molecule has 3 aromatic rings. The van der Waals surface area contributed by atoms with Crippen molar-refractivity contribution in [2.75, 3.05) is 0 Å². The highest BCUT2D eigenvalue weighted by atomic mass is 16.3. The quantitative estimate of drug-likeness (QED) is 0.783. The molecule has 1 heterocycles. The Hall–Kier alpha value is -2.19. The molecular formula is C19H17NO. The fraction of sp³-hybridized carbons (Fsp3) is 0.211. The first-order valence-electron chi connectivity index (χ1n) is 7.38. The minimum atomic E-state index is -0.454. The summed E-state index contributed by atoms with van der Waals surface area (Å²) in [6.07, 6.45) is 3.43. The van der Waals surface area contributed by atoms with Gasteiger partial charge in [0.2, 0.25) is 0 Å². The van der Waals surface area contributed by atoms with Crippen molar-refractivity contribution in [3.63, 3.8) is 0 Å². The molecular weight excluding hydrogens is 258 g/mol. The van der Waals surface area contributed by atoms with Gasteiger partial charge in [-0.3, -0.25) is 4.98 Å². The van der Waals surface area contributed by atoms with Gasteiger partial charge in [-0.1, -0.05) is 42.5 Å². The van der Waals surface area contributed by atoms with Gasteiger partial charge in [0.25, 0.3) is 0 Å². The number of rotatable bonds is 3. The maximum absolute atomic E-state index is 10.9. The van der Waals surface area contributed by atoms with Gasteiger partial charge in [-0.25, -0.2) is 0 Å². The third kappa shape index (κ3) is 2.03. The van der Waals surface area contributed by atoms with Crippen molar-refractivity contribution in [3.8, 4) is 0 Å². The Balaban J connectivity index is 1.75. The van der Waals surface area contributed by atoms with Crippen LogP contribution in [0.1, 0.15) is 30.1 Å². The van der Waals surface area contributed by atoms with E-state index in [-0.39, 0.29) is 5.41 Å². The average Bonchev–Trinajstić information content (AvgIpc) is 3.36. The highest BCUT2D eigenvalue weighted by molar-refractivity contribution is 5.79. The minimum absolute atomic E-state index is 0.100. The summed E-state index contributed by atoms with van der Waals surface area (Å²) in [5.74, 6) is 0. The molecule has 0 radical (unpaired) electrons. The molecule has 4 rings (SSSR count). The van der Waals surface area contributed by atoms with Crippen molar-refractivity contribution < 1.29 is 5.11 Å². The van der Waals surface area contributed by atoms with E-state index in [2.05, 4.69) is 23.2 Å². The summed E-state index contributed by atoms with van der Waals surface area (Å²) in [7, 11) is 0. The van der Waals surface area contributed by atoms with Gasteiger partial charge < -0.3 is 5.11 Å². The predicted octanol–water partition coefficient (Wildman–Crippen LogP) is 4.00. The standard InChI is InChI=1S/C19H17NO/c21-18(19(10-11-19)16-6-2-1-3-7-16)15-8-9-17-14(13-15)5-4-12-20-17/h1-9,12-13,18,21H,10-11H2. The highest BCUT2D eigenvalue weighted by Crippen LogP contribution is 2.56. The molecule has 1 aliphatic rings. The van der Waals surface area contributed by atoms with Crippen LogP contribution in [0.25, 0.3) is 10.9 Å². The number of aliphatic hydroxyl groups excluding tert-OH is 1. The van der Waals surface area contributed by atoms with Gasteiger partial charge in [0.15, 0.2) is 0 Å². The van der Waals surface area contributed by atoms with Gasteiger partial charge >= 0.3 is 0 Å². The number of aromatic nitrogens is 1. The predicted molar refractivity (Wildman–Crippen MR) is 84.1 cm³/mol. The van der Waals surface area contributed by atoms with E-state index in [0.717, 1.165) is 29.3 Å². The lowest BCUT2D eigenvalue weighted by molar-refractivity contribution is 0.133. The van der Waals surface area contributed by atoms with Crippen molar-refractivity contribution >= 4 is 10.9 Å². The van der Waals surface area contributed by atoms with Crippen LogP contribution in [0.3, 0.4) is 0 Å². The average molecular weight is 275 g/mol. The van der Waals surface area contributed by atoms with Crippen LogP contribution in [0.4, 0.5) is 0 Å². The van der Waals surface area contributed by atoms with Crippen LogP contribution in [0, 0.1) is 0 Å². The number of aliphatic hydroxyl groups is 1. The third-order valence-corrected chi connectivity index (χ3v) is 4.60. The summed E-state index contributed by atoms with van der Waals surface area (Å²) in [6, 6.07) is 20.4. The Bertz CT molecular complexity index is 778. The van der Waals surface area contributed by atoms with Gasteiger partial charge in [0, 0.05) is 17.0 Å². The lowest BCUT2D eigenvalue weighted by Gasteiger charge is -2.23. The molecule has 1 unspecified atom stereocenters. The molecule has 1 aliphatic carbocycles. The first-order chi connectivity index (χ1) is 10.3. The fourth-order valence-corrected chi connectivity index (χ4v) is 3.21. The van der Waals surface area contributed by atoms with E-state index in [9.17, 15) is 5.11 Å². The summed E-state index contributed by atoms with van der Waals surface area (Å²) >= 11 is 0. The molecule has 1 aromatic heterocycles. The van der Waals surface area contributed by atoms with E-state index in [1.165, 1.54) is 5.56 Å². The van der Waals surface area contributed by atoms with Crippen LogP contribution >= 0.6 is 0 Å². The molecule has 1 fully saturated rings. The number of fused-ring (bicyclic) bond motifs is 1. The molecule has 0 bridgehead atoms. The Kier molecular flexibility index (Phi) is 2.79. The molecule has 104 valence electrons. The maximum Gasteiger partial charge on any atom is 0.0886 e. The Morgan fingerprint density at radius 2 is 1.76 bits per heavy atom. The summed E-state index contributed by atoms with van der Waals surface area (Å²) in [5, 5.41) is 12.0. The molecule has 0 amide bonds. The summed E-state index contributed by atoms with van der Waals surface area (Å²) in [6.45, 7) is 0. The molecule has 0 saturated heterocycles. The molecule has 2 aromatic carbocycles. The second-order valence-electron chi connectivity index (χ2n) is 5.88. The second kappa shape index (κ2) is 4.68. The Morgan fingerprint density at radius 1 is 0.952 bits per heavy atom.